The van der Waals surface area contributed by atoms with Crippen LogP contribution in [0.4, 0.5) is 5.69 Å². The zero-order valence-corrected chi connectivity index (χ0v) is 16.0. The average molecular weight is 360 g/mol. The zero-order valence-electron chi connectivity index (χ0n) is 16.0. The van der Waals surface area contributed by atoms with Gasteiger partial charge in [-0.15, -0.1) is 0 Å². The molecule has 0 atom stereocenters. The topological polar surface area (TPSA) is 51.1 Å². The SMILES string of the molecule is CCc1ccccc1NC(=O)c1ccc(=O)n(Cc2cc(C)ccc2C)c1. The van der Waals surface area contributed by atoms with Gasteiger partial charge in [-0.1, -0.05) is 48.9 Å². The number of aryl methyl sites for hydroxylation is 3. The summed E-state index contributed by atoms with van der Waals surface area (Å²) in [7, 11) is 0. The molecular weight excluding hydrogens is 336 g/mol. The Morgan fingerprint density at radius 3 is 2.56 bits per heavy atom. The van der Waals surface area contributed by atoms with Crippen molar-refractivity contribution in [2.24, 2.45) is 0 Å². The van der Waals surface area contributed by atoms with Gasteiger partial charge in [-0.25, -0.2) is 0 Å². The average Bonchev–Trinajstić information content (AvgIpc) is 2.66. The molecule has 4 heteroatoms. The van der Waals surface area contributed by atoms with E-state index < -0.39 is 0 Å². The van der Waals surface area contributed by atoms with Gasteiger partial charge in [0.2, 0.25) is 0 Å². The number of pyridine rings is 1. The highest BCUT2D eigenvalue weighted by atomic mass is 16.2. The van der Waals surface area contributed by atoms with E-state index in [1.54, 1.807) is 16.8 Å². The number of para-hydroxylation sites is 1. The fourth-order valence-corrected chi connectivity index (χ4v) is 3.09. The van der Waals surface area contributed by atoms with E-state index in [9.17, 15) is 9.59 Å². The number of hydrogen-bond donors (Lipinski definition) is 1. The number of amides is 1. The third-order valence-electron chi connectivity index (χ3n) is 4.74. The number of carbonyl (C=O) groups excluding carboxylic acids is 1. The van der Waals surface area contributed by atoms with Crippen molar-refractivity contribution < 1.29 is 4.79 Å². The van der Waals surface area contributed by atoms with Gasteiger partial charge in [0, 0.05) is 18.0 Å². The Hall–Kier alpha value is -3.14. The molecule has 0 radical (unpaired) electrons. The number of nitrogens with zero attached hydrogens (tertiary/aromatic N) is 1. The van der Waals surface area contributed by atoms with E-state index in [1.807, 2.05) is 44.2 Å². The molecule has 0 fully saturated rings. The van der Waals surface area contributed by atoms with Crippen molar-refractivity contribution in [3.8, 4) is 0 Å². The van der Waals surface area contributed by atoms with Gasteiger partial charge in [0.25, 0.3) is 11.5 Å². The van der Waals surface area contributed by atoms with Crippen molar-refractivity contribution >= 4 is 11.6 Å². The first-order valence-corrected chi connectivity index (χ1v) is 9.14. The molecule has 138 valence electrons. The van der Waals surface area contributed by atoms with Crippen LogP contribution in [0.2, 0.25) is 0 Å². The fraction of sp³-hybridized carbons (Fsp3) is 0.217. The Bertz CT molecular complexity index is 1030. The van der Waals surface area contributed by atoms with Gasteiger partial charge in [-0.05, 0) is 49.1 Å². The van der Waals surface area contributed by atoms with Crippen LogP contribution in [0.15, 0.2) is 65.6 Å². The fourth-order valence-electron chi connectivity index (χ4n) is 3.09. The molecule has 0 bridgehead atoms. The van der Waals surface area contributed by atoms with E-state index in [0.29, 0.717) is 12.1 Å². The molecule has 0 saturated carbocycles. The van der Waals surface area contributed by atoms with Crippen LogP contribution < -0.4 is 10.9 Å². The Balaban J connectivity index is 1.87. The third-order valence-corrected chi connectivity index (χ3v) is 4.74. The quantitative estimate of drug-likeness (QED) is 0.736. The number of hydrogen-bond acceptors (Lipinski definition) is 2. The summed E-state index contributed by atoms with van der Waals surface area (Å²) in [6.07, 6.45) is 2.47. The molecule has 3 rings (SSSR count). The summed E-state index contributed by atoms with van der Waals surface area (Å²) < 4.78 is 1.59. The van der Waals surface area contributed by atoms with Gasteiger partial charge < -0.3 is 9.88 Å². The molecule has 0 aliphatic heterocycles. The first-order chi connectivity index (χ1) is 13.0. The third kappa shape index (κ3) is 4.34. The molecule has 4 nitrogen and oxygen atoms in total. The zero-order chi connectivity index (χ0) is 19.4. The predicted molar refractivity (Wildman–Crippen MR) is 109 cm³/mol. The van der Waals surface area contributed by atoms with Gasteiger partial charge in [0.1, 0.15) is 0 Å². The van der Waals surface area contributed by atoms with Crippen LogP contribution in [0.25, 0.3) is 0 Å². The number of benzene rings is 2. The van der Waals surface area contributed by atoms with Crippen LogP contribution in [-0.2, 0) is 13.0 Å². The maximum absolute atomic E-state index is 12.7. The van der Waals surface area contributed by atoms with Crippen LogP contribution >= 0.6 is 0 Å². The monoisotopic (exact) mass is 360 g/mol. The van der Waals surface area contributed by atoms with Crippen molar-refractivity contribution in [2.75, 3.05) is 5.32 Å². The first-order valence-electron chi connectivity index (χ1n) is 9.14. The Morgan fingerprint density at radius 1 is 1.00 bits per heavy atom. The van der Waals surface area contributed by atoms with Gasteiger partial charge in [-0.2, -0.15) is 0 Å². The summed E-state index contributed by atoms with van der Waals surface area (Å²) >= 11 is 0. The van der Waals surface area contributed by atoms with Crippen molar-refractivity contribution in [2.45, 2.75) is 33.7 Å². The summed E-state index contributed by atoms with van der Waals surface area (Å²) in [6, 6.07) is 16.9. The van der Waals surface area contributed by atoms with Crippen LogP contribution in [0.1, 0.15) is 39.5 Å². The van der Waals surface area contributed by atoms with Crippen molar-refractivity contribution in [1.82, 2.24) is 4.57 Å². The lowest BCUT2D eigenvalue weighted by molar-refractivity contribution is 0.102. The molecular formula is C23H24N2O2. The summed E-state index contributed by atoms with van der Waals surface area (Å²) in [5.74, 6) is -0.217. The number of aromatic nitrogens is 1. The molecule has 1 N–H and O–H groups in total. The number of anilines is 1. The lowest BCUT2D eigenvalue weighted by atomic mass is 10.1. The van der Waals surface area contributed by atoms with Gasteiger partial charge >= 0.3 is 0 Å². The van der Waals surface area contributed by atoms with Gasteiger partial charge in [-0.3, -0.25) is 9.59 Å². The lowest BCUT2D eigenvalue weighted by Gasteiger charge is -2.13. The minimum Gasteiger partial charge on any atom is -0.322 e. The molecule has 1 heterocycles. The van der Waals surface area contributed by atoms with Crippen LogP contribution in [0, 0.1) is 13.8 Å². The first kappa shape index (κ1) is 18.6. The minimum atomic E-state index is -0.217. The predicted octanol–water partition coefficient (Wildman–Crippen LogP) is 4.33. The minimum absolute atomic E-state index is 0.124. The largest absolute Gasteiger partial charge is 0.322 e. The molecule has 0 unspecified atom stereocenters. The highest BCUT2D eigenvalue weighted by molar-refractivity contribution is 6.04. The lowest BCUT2D eigenvalue weighted by Crippen LogP contribution is -2.23. The molecule has 0 spiro atoms. The highest BCUT2D eigenvalue weighted by Gasteiger charge is 2.11. The molecule has 0 saturated heterocycles. The van der Waals surface area contributed by atoms with E-state index >= 15 is 0 Å². The molecule has 1 aromatic heterocycles. The molecule has 27 heavy (non-hydrogen) atoms. The summed E-state index contributed by atoms with van der Waals surface area (Å²) in [6.45, 7) is 6.55. The Labute approximate surface area is 159 Å². The molecule has 3 aromatic rings. The van der Waals surface area contributed by atoms with Crippen LogP contribution in [0.5, 0.6) is 0 Å². The summed E-state index contributed by atoms with van der Waals surface area (Å²) in [5.41, 5.74) is 5.57. The van der Waals surface area contributed by atoms with Crippen molar-refractivity contribution in [3.63, 3.8) is 0 Å². The van der Waals surface area contributed by atoms with E-state index in [4.69, 9.17) is 0 Å². The van der Waals surface area contributed by atoms with E-state index in [0.717, 1.165) is 34.4 Å². The second-order valence-corrected chi connectivity index (χ2v) is 6.78. The number of carbonyl (C=O) groups is 1. The van der Waals surface area contributed by atoms with E-state index in [1.165, 1.54) is 6.07 Å². The number of nitrogens with one attached hydrogen (secondary N) is 1. The maximum Gasteiger partial charge on any atom is 0.257 e. The van der Waals surface area contributed by atoms with E-state index in [-0.39, 0.29) is 11.5 Å². The van der Waals surface area contributed by atoms with E-state index in [2.05, 4.69) is 24.4 Å². The molecule has 0 aliphatic rings. The molecule has 1 amide bonds. The molecule has 2 aromatic carbocycles. The Morgan fingerprint density at radius 2 is 1.78 bits per heavy atom. The standard InChI is InChI=1S/C23H24N2O2/c1-4-18-7-5-6-8-21(18)24-23(27)19-11-12-22(26)25(14-19)15-20-13-16(2)9-10-17(20)3/h5-14H,4,15H2,1-3H3,(H,24,27). The smallest absolute Gasteiger partial charge is 0.257 e. The maximum atomic E-state index is 12.7. The normalized spacial score (nSPS) is 10.6. The van der Waals surface area contributed by atoms with Gasteiger partial charge in [0.05, 0.1) is 12.1 Å². The summed E-state index contributed by atoms with van der Waals surface area (Å²) in [5, 5.41) is 2.95. The number of rotatable bonds is 5. The van der Waals surface area contributed by atoms with Crippen LogP contribution in [0.3, 0.4) is 0 Å². The van der Waals surface area contributed by atoms with Crippen LogP contribution in [-0.4, -0.2) is 10.5 Å². The van der Waals surface area contributed by atoms with Crippen molar-refractivity contribution in [1.29, 1.82) is 0 Å². The highest BCUT2D eigenvalue weighted by Crippen LogP contribution is 2.17. The van der Waals surface area contributed by atoms with Gasteiger partial charge in [0.15, 0.2) is 0 Å². The van der Waals surface area contributed by atoms with Crippen molar-refractivity contribution in [3.05, 3.63) is 99.0 Å². The second kappa shape index (κ2) is 8.04. The molecule has 0 aliphatic carbocycles. The summed E-state index contributed by atoms with van der Waals surface area (Å²) in [4.78, 5) is 25.0. The Kier molecular flexibility index (Phi) is 5.55. The second-order valence-electron chi connectivity index (χ2n) is 6.78.